The largest absolute Gasteiger partial charge is 0.478 e. The molecule has 6 heteroatoms. The van der Waals surface area contributed by atoms with Crippen LogP contribution in [0.3, 0.4) is 0 Å². The molecule has 1 N–H and O–H groups in total. The second-order valence-corrected chi connectivity index (χ2v) is 6.39. The molecule has 0 amide bonds. The summed E-state index contributed by atoms with van der Waals surface area (Å²) in [5.41, 5.74) is -1.29. The quantitative estimate of drug-likeness (QED) is 0.774. The molecule has 2 aromatic carbocycles. The lowest BCUT2D eigenvalue weighted by Gasteiger charge is -2.21. The van der Waals surface area contributed by atoms with Gasteiger partial charge in [0.15, 0.2) is 5.60 Å². The zero-order valence-electron chi connectivity index (χ0n) is 12.0. The van der Waals surface area contributed by atoms with Crippen LogP contribution in [0.5, 0.6) is 17.2 Å². The van der Waals surface area contributed by atoms with E-state index in [-0.39, 0.29) is 0 Å². The molecule has 0 unspecified atom stereocenters. The van der Waals surface area contributed by atoms with Crippen molar-refractivity contribution in [3.8, 4) is 17.2 Å². The second-order valence-electron chi connectivity index (χ2n) is 5.07. The van der Waals surface area contributed by atoms with Crippen molar-refractivity contribution in [1.29, 1.82) is 0 Å². The molecule has 116 valence electrons. The van der Waals surface area contributed by atoms with Gasteiger partial charge in [-0.2, -0.15) is 0 Å². The Morgan fingerprint density at radius 3 is 2.27 bits per heavy atom. The Labute approximate surface area is 141 Å². The molecule has 0 saturated carbocycles. The number of carboxylic acids is 1. The Morgan fingerprint density at radius 1 is 1.14 bits per heavy atom. The number of carbonyl (C=O) groups is 1. The molecule has 0 radical (unpaired) electrons. The average molecular weight is 386 g/mol. The van der Waals surface area contributed by atoms with E-state index in [2.05, 4.69) is 15.9 Å². The molecule has 0 saturated heterocycles. The van der Waals surface area contributed by atoms with Crippen LogP contribution in [0.2, 0.25) is 5.02 Å². The van der Waals surface area contributed by atoms with Gasteiger partial charge in [0.25, 0.3) is 0 Å². The highest BCUT2D eigenvalue weighted by Gasteiger charge is 2.29. The topological polar surface area (TPSA) is 55.8 Å². The molecule has 0 atom stereocenters. The third kappa shape index (κ3) is 4.15. The number of carboxylic acid groups (broad SMARTS) is 1. The van der Waals surface area contributed by atoms with Crippen LogP contribution in [0.15, 0.2) is 46.9 Å². The van der Waals surface area contributed by atoms with Crippen LogP contribution in [-0.2, 0) is 4.79 Å². The Bertz CT molecular complexity index is 683. The monoisotopic (exact) mass is 384 g/mol. The predicted octanol–water partition coefficient (Wildman–Crippen LogP) is 5.14. The van der Waals surface area contributed by atoms with Crippen molar-refractivity contribution in [2.45, 2.75) is 19.4 Å². The maximum atomic E-state index is 11.0. The summed E-state index contributed by atoms with van der Waals surface area (Å²) in [7, 11) is 0. The number of benzene rings is 2. The fourth-order valence-corrected chi connectivity index (χ4v) is 2.31. The van der Waals surface area contributed by atoms with Crippen molar-refractivity contribution in [3.63, 3.8) is 0 Å². The molecule has 2 aromatic rings. The zero-order valence-corrected chi connectivity index (χ0v) is 14.3. The van der Waals surface area contributed by atoms with E-state index in [9.17, 15) is 4.79 Å². The molecule has 0 heterocycles. The lowest BCUT2D eigenvalue weighted by atomic mass is 10.1. The first-order valence-electron chi connectivity index (χ1n) is 6.43. The third-order valence-corrected chi connectivity index (χ3v) is 3.62. The molecule has 2 rings (SSSR count). The summed E-state index contributed by atoms with van der Waals surface area (Å²) in [6.07, 6.45) is 0. The molecule has 0 aliphatic heterocycles. The van der Waals surface area contributed by atoms with E-state index in [0.29, 0.717) is 22.3 Å². The summed E-state index contributed by atoms with van der Waals surface area (Å²) in [4.78, 5) is 11.0. The Morgan fingerprint density at radius 2 is 1.73 bits per heavy atom. The van der Waals surface area contributed by atoms with Gasteiger partial charge in [-0.1, -0.05) is 27.5 Å². The van der Waals surface area contributed by atoms with E-state index in [0.717, 1.165) is 4.47 Å². The number of hydrogen-bond acceptors (Lipinski definition) is 3. The summed E-state index contributed by atoms with van der Waals surface area (Å²) < 4.78 is 12.0. The second kappa shape index (κ2) is 6.58. The van der Waals surface area contributed by atoms with E-state index >= 15 is 0 Å². The summed E-state index contributed by atoms with van der Waals surface area (Å²) in [5.74, 6) is 0.519. The van der Waals surface area contributed by atoms with Gasteiger partial charge in [0.05, 0.1) is 5.02 Å². The molecule has 4 nitrogen and oxygen atoms in total. The Hall–Kier alpha value is -1.72. The van der Waals surface area contributed by atoms with Crippen molar-refractivity contribution in [1.82, 2.24) is 0 Å². The van der Waals surface area contributed by atoms with Gasteiger partial charge < -0.3 is 14.6 Å². The molecular weight excluding hydrogens is 372 g/mol. The van der Waals surface area contributed by atoms with Crippen LogP contribution in [0.4, 0.5) is 0 Å². The SMILES string of the molecule is CC(C)(Oc1ccc(Oc2ccc(Br)cc2Cl)cc1)C(=O)O. The van der Waals surface area contributed by atoms with Gasteiger partial charge in [-0.3, -0.25) is 0 Å². The van der Waals surface area contributed by atoms with Gasteiger partial charge in [0.2, 0.25) is 0 Å². The molecule has 0 aliphatic rings. The average Bonchev–Trinajstić information content (AvgIpc) is 2.43. The summed E-state index contributed by atoms with van der Waals surface area (Å²) in [6.45, 7) is 2.97. The fourth-order valence-electron chi connectivity index (χ4n) is 1.60. The minimum absolute atomic E-state index is 0.446. The van der Waals surface area contributed by atoms with Crippen LogP contribution >= 0.6 is 27.5 Å². The third-order valence-electron chi connectivity index (χ3n) is 2.83. The first-order chi connectivity index (χ1) is 10.3. The van der Waals surface area contributed by atoms with Crippen LogP contribution in [0, 0.1) is 0 Å². The van der Waals surface area contributed by atoms with Gasteiger partial charge in [0.1, 0.15) is 17.2 Å². The molecule has 0 aromatic heterocycles. The number of halogens is 2. The normalized spacial score (nSPS) is 11.1. The Balaban J connectivity index is 2.11. The zero-order chi connectivity index (χ0) is 16.3. The van der Waals surface area contributed by atoms with Gasteiger partial charge in [-0.25, -0.2) is 4.79 Å². The van der Waals surface area contributed by atoms with E-state index in [1.165, 1.54) is 13.8 Å². The van der Waals surface area contributed by atoms with Crippen molar-refractivity contribution < 1.29 is 19.4 Å². The molecule has 0 bridgehead atoms. The van der Waals surface area contributed by atoms with E-state index in [4.69, 9.17) is 26.2 Å². The number of rotatable bonds is 5. The lowest BCUT2D eigenvalue weighted by Crippen LogP contribution is -2.37. The maximum Gasteiger partial charge on any atom is 0.347 e. The maximum absolute atomic E-state index is 11.0. The van der Waals surface area contributed by atoms with Crippen LogP contribution in [-0.4, -0.2) is 16.7 Å². The Kier molecular flexibility index (Phi) is 4.98. The standard InChI is InChI=1S/C16H14BrClO4/c1-16(2,15(19)20)22-12-6-4-11(5-7-12)21-14-8-3-10(17)9-13(14)18/h3-9H,1-2H3,(H,19,20). The first-order valence-corrected chi connectivity index (χ1v) is 7.60. The van der Waals surface area contributed by atoms with E-state index < -0.39 is 11.6 Å². The van der Waals surface area contributed by atoms with Crippen LogP contribution in [0.25, 0.3) is 0 Å². The number of ether oxygens (including phenoxy) is 2. The molecule has 0 spiro atoms. The smallest absolute Gasteiger partial charge is 0.347 e. The number of aliphatic carboxylic acids is 1. The first kappa shape index (κ1) is 16.6. The molecule has 22 heavy (non-hydrogen) atoms. The van der Waals surface area contributed by atoms with Crippen LogP contribution in [0.1, 0.15) is 13.8 Å². The van der Waals surface area contributed by atoms with Crippen molar-refractivity contribution in [3.05, 3.63) is 52.0 Å². The summed E-state index contributed by atoms with van der Waals surface area (Å²) >= 11 is 9.41. The highest BCUT2D eigenvalue weighted by atomic mass is 79.9. The highest BCUT2D eigenvalue weighted by molar-refractivity contribution is 9.10. The minimum Gasteiger partial charge on any atom is -0.478 e. The minimum atomic E-state index is -1.29. The van der Waals surface area contributed by atoms with Crippen LogP contribution < -0.4 is 9.47 Å². The van der Waals surface area contributed by atoms with Crippen molar-refractivity contribution >= 4 is 33.5 Å². The lowest BCUT2D eigenvalue weighted by molar-refractivity contribution is -0.152. The van der Waals surface area contributed by atoms with Gasteiger partial charge in [-0.15, -0.1) is 0 Å². The van der Waals surface area contributed by atoms with E-state index in [1.807, 2.05) is 6.07 Å². The summed E-state index contributed by atoms with van der Waals surface area (Å²) in [6, 6.07) is 12.0. The van der Waals surface area contributed by atoms with Crippen molar-refractivity contribution in [2.24, 2.45) is 0 Å². The molecule has 0 aliphatic carbocycles. The molecule has 0 fully saturated rings. The van der Waals surface area contributed by atoms with Gasteiger partial charge in [0, 0.05) is 4.47 Å². The summed E-state index contributed by atoms with van der Waals surface area (Å²) in [5, 5.41) is 9.52. The predicted molar refractivity (Wildman–Crippen MR) is 88.0 cm³/mol. The van der Waals surface area contributed by atoms with Gasteiger partial charge in [-0.05, 0) is 56.3 Å². The number of hydrogen-bond donors (Lipinski definition) is 1. The van der Waals surface area contributed by atoms with Crippen molar-refractivity contribution in [2.75, 3.05) is 0 Å². The van der Waals surface area contributed by atoms with Gasteiger partial charge >= 0.3 is 5.97 Å². The highest BCUT2D eigenvalue weighted by Crippen LogP contribution is 2.32. The fraction of sp³-hybridized carbons (Fsp3) is 0.188. The van der Waals surface area contributed by atoms with E-state index in [1.54, 1.807) is 36.4 Å². The molecular formula is C16H14BrClO4.